The Kier molecular flexibility index (Phi) is 2.12. The van der Waals surface area contributed by atoms with Crippen molar-refractivity contribution in [3.8, 4) is 11.4 Å². The van der Waals surface area contributed by atoms with E-state index in [2.05, 4.69) is 0 Å². The minimum absolute atomic E-state index is 0.0608. The molecule has 0 aliphatic rings. The zero-order chi connectivity index (χ0) is 39.4. The van der Waals surface area contributed by atoms with Crippen molar-refractivity contribution in [3.05, 3.63) is 133 Å². The third-order valence-electron chi connectivity index (χ3n) is 7.02. The molecule has 0 amide bonds. The quantitative estimate of drug-likeness (QED) is 0.225. The molecule has 182 valence electrons. The van der Waals surface area contributed by atoms with E-state index in [9.17, 15) is 0 Å². The molecule has 0 spiro atoms. The van der Waals surface area contributed by atoms with E-state index in [-0.39, 0.29) is 55.0 Å². The van der Waals surface area contributed by atoms with E-state index < -0.39 is 96.7 Å². The Balaban J connectivity index is 1.41. The minimum atomic E-state index is -0.562. The zero-order valence-electron chi connectivity index (χ0n) is 35.8. The highest BCUT2D eigenvalue weighted by molar-refractivity contribution is 6.12. The first-order chi connectivity index (χ1) is 26.0. The maximum atomic E-state index is 8.87. The summed E-state index contributed by atoms with van der Waals surface area (Å²) in [6.45, 7) is 0. The molecule has 0 aliphatic carbocycles. The summed E-state index contributed by atoms with van der Waals surface area (Å²) in [5, 5.41) is 0.605. The monoisotopic (exact) mass is 514 g/mol. The Labute approximate surface area is 246 Å². The smallest absolute Gasteiger partial charge is 0.135 e. The van der Waals surface area contributed by atoms with Gasteiger partial charge in [0.25, 0.3) is 0 Å². The van der Waals surface area contributed by atoms with Gasteiger partial charge in [-0.1, -0.05) is 72.5 Å². The molecule has 0 unspecified atom stereocenters. The van der Waals surface area contributed by atoms with Crippen molar-refractivity contribution < 1.29 is 26.3 Å². The molecule has 0 saturated heterocycles. The van der Waals surface area contributed by atoms with Gasteiger partial charge in [0, 0.05) is 43.7 Å². The average Bonchev–Trinajstić information content (AvgIpc) is 3.85. The number of aromatic nitrogens is 2. The number of para-hydroxylation sites is 4. The SMILES string of the molecule is [2H]c1c([2H])c([2H])c2c(c1[2H])c1c([2H])c([2H])c([2H])c([2H])c1n2-c1ccc2oc3ccc(-n4c5c([2H])c([2H])c([2H])c([2H])c5c5c([2H])c([2H])c([2H])c([2H])c54)cc3c2c1. The van der Waals surface area contributed by atoms with Gasteiger partial charge in [-0.05, 0) is 60.6 Å². The molecule has 3 nitrogen and oxygen atoms in total. The number of hydrogen-bond acceptors (Lipinski definition) is 1. The summed E-state index contributed by atoms with van der Waals surface area (Å²) < 4.78 is 146. The summed E-state index contributed by atoms with van der Waals surface area (Å²) in [5.41, 5.74) is 1.04. The number of fused-ring (bicyclic) bond motifs is 9. The fourth-order valence-electron chi connectivity index (χ4n) is 5.39. The maximum Gasteiger partial charge on any atom is 0.135 e. The van der Waals surface area contributed by atoms with Gasteiger partial charge in [-0.25, -0.2) is 0 Å². The summed E-state index contributed by atoms with van der Waals surface area (Å²) in [6.07, 6.45) is 0. The van der Waals surface area contributed by atoms with Crippen molar-refractivity contribution in [3.63, 3.8) is 0 Å². The van der Waals surface area contributed by atoms with Crippen molar-refractivity contribution in [2.24, 2.45) is 0 Å². The van der Waals surface area contributed by atoms with Gasteiger partial charge in [0.1, 0.15) is 11.2 Å². The van der Waals surface area contributed by atoms with E-state index in [0.717, 1.165) is 0 Å². The van der Waals surface area contributed by atoms with E-state index in [0.29, 0.717) is 21.9 Å². The van der Waals surface area contributed by atoms with Gasteiger partial charge in [-0.15, -0.1) is 0 Å². The van der Waals surface area contributed by atoms with Gasteiger partial charge in [0.05, 0.1) is 44.0 Å². The fourth-order valence-corrected chi connectivity index (χ4v) is 5.39. The molecule has 0 bridgehead atoms. The van der Waals surface area contributed by atoms with Crippen molar-refractivity contribution in [1.29, 1.82) is 0 Å². The Bertz CT molecular complexity index is 2920. The highest BCUT2D eigenvalue weighted by Crippen LogP contribution is 2.37. The zero-order valence-corrected chi connectivity index (χ0v) is 19.8. The molecule has 0 radical (unpaired) electrons. The molecule has 39 heavy (non-hydrogen) atoms. The molecule has 0 fully saturated rings. The van der Waals surface area contributed by atoms with E-state index in [1.165, 1.54) is 9.13 Å². The number of nitrogens with zero attached hydrogens (tertiary/aromatic N) is 2. The largest absolute Gasteiger partial charge is 0.456 e. The van der Waals surface area contributed by atoms with Crippen LogP contribution < -0.4 is 0 Å². The highest BCUT2D eigenvalue weighted by atomic mass is 16.3. The molecular weight excluding hydrogens is 476 g/mol. The average molecular weight is 515 g/mol. The van der Waals surface area contributed by atoms with Gasteiger partial charge in [0.15, 0.2) is 0 Å². The lowest BCUT2D eigenvalue weighted by Gasteiger charge is -2.09. The third-order valence-corrected chi connectivity index (χ3v) is 7.02. The summed E-state index contributed by atoms with van der Waals surface area (Å²) in [7, 11) is 0. The van der Waals surface area contributed by atoms with Crippen LogP contribution in [0.25, 0.3) is 76.9 Å². The molecule has 6 aromatic carbocycles. The molecule has 3 aromatic heterocycles. The predicted octanol–water partition coefficient (Wildman–Crippen LogP) is 9.78. The van der Waals surface area contributed by atoms with Crippen LogP contribution in [0.3, 0.4) is 0 Å². The first-order valence-corrected chi connectivity index (χ1v) is 12.0. The normalized spacial score (nSPS) is 17.8. The van der Waals surface area contributed by atoms with Crippen LogP contribution in [0.4, 0.5) is 0 Å². The van der Waals surface area contributed by atoms with Crippen LogP contribution >= 0.6 is 0 Å². The second-order valence-corrected chi connectivity index (χ2v) is 9.03. The first-order valence-electron chi connectivity index (χ1n) is 20.0. The standard InChI is InChI=1S/C36H22N2O/c1-5-13-31-25(9-1)26-10-2-6-14-32(26)37(31)23-17-19-35-29(21-23)30-22-24(18-20-36(30)39-35)38-33-15-7-3-11-27(33)28-12-4-8-16-34(28)38/h1-22H/i1D,2D,3D,4D,5D,6D,7D,8D,9D,10D,11D,12D,13D,14D,15D,16D. The molecule has 0 saturated carbocycles. The summed E-state index contributed by atoms with van der Waals surface area (Å²) in [6, 6.07) is 1.50. The van der Waals surface area contributed by atoms with Crippen LogP contribution in [-0.2, 0) is 0 Å². The van der Waals surface area contributed by atoms with Crippen molar-refractivity contribution in [2.45, 2.75) is 0 Å². The number of furan rings is 1. The minimum Gasteiger partial charge on any atom is -0.456 e. The Hall–Kier alpha value is -5.28. The molecule has 0 N–H and O–H groups in total. The van der Waals surface area contributed by atoms with Gasteiger partial charge in [-0.3, -0.25) is 0 Å². The van der Waals surface area contributed by atoms with Crippen molar-refractivity contribution in [1.82, 2.24) is 9.13 Å². The fraction of sp³-hybridized carbons (Fsp3) is 0. The number of hydrogen-bond donors (Lipinski definition) is 0. The summed E-state index contributed by atoms with van der Waals surface area (Å²) >= 11 is 0. The van der Waals surface area contributed by atoms with Crippen LogP contribution in [0, 0.1) is 0 Å². The van der Waals surface area contributed by atoms with Crippen LogP contribution in [0.2, 0.25) is 0 Å². The first kappa shape index (κ1) is 10.8. The second-order valence-electron chi connectivity index (χ2n) is 9.03. The van der Waals surface area contributed by atoms with Gasteiger partial charge < -0.3 is 13.6 Å². The number of rotatable bonds is 2. The molecule has 9 rings (SSSR count). The molecule has 0 aliphatic heterocycles. The lowest BCUT2D eigenvalue weighted by atomic mass is 10.1. The lowest BCUT2D eigenvalue weighted by molar-refractivity contribution is 0.669. The Morgan fingerprint density at radius 2 is 0.744 bits per heavy atom. The predicted molar refractivity (Wildman–Crippen MR) is 162 cm³/mol. The van der Waals surface area contributed by atoms with Crippen LogP contribution in [0.5, 0.6) is 0 Å². The third kappa shape index (κ3) is 2.82. The maximum absolute atomic E-state index is 8.87. The van der Waals surface area contributed by atoms with E-state index in [4.69, 9.17) is 26.3 Å². The van der Waals surface area contributed by atoms with Crippen molar-refractivity contribution in [2.75, 3.05) is 0 Å². The molecule has 3 heterocycles. The van der Waals surface area contributed by atoms with E-state index >= 15 is 0 Å². The van der Waals surface area contributed by atoms with Gasteiger partial charge in [0.2, 0.25) is 0 Å². The lowest BCUT2D eigenvalue weighted by Crippen LogP contribution is -1.94. The van der Waals surface area contributed by atoms with Gasteiger partial charge >= 0.3 is 0 Å². The Morgan fingerprint density at radius 3 is 1.10 bits per heavy atom. The molecular formula is C36H22N2O. The topological polar surface area (TPSA) is 23.0 Å². The second kappa shape index (κ2) is 7.62. The number of benzene rings is 6. The highest BCUT2D eigenvalue weighted by Gasteiger charge is 2.16. The summed E-state index contributed by atoms with van der Waals surface area (Å²) in [5.74, 6) is 0. The van der Waals surface area contributed by atoms with Gasteiger partial charge in [-0.2, -0.15) is 0 Å². The summed E-state index contributed by atoms with van der Waals surface area (Å²) in [4.78, 5) is 0. The van der Waals surface area contributed by atoms with Crippen molar-refractivity contribution >= 4 is 65.6 Å². The van der Waals surface area contributed by atoms with E-state index in [1.54, 1.807) is 36.4 Å². The molecule has 3 heteroatoms. The van der Waals surface area contributed by atoms with Crippen LogP contribution in [0.1, 0.15) is 21.9 Å². The molecule has 0 atom stereocenters. The molecule has 9 aromatic rings. The van der Waals surface area contributed by atoms with Crippen LogP contribution in [-0.4, -0.2) is 9.13 Å². The van der Waals surface area contributed by atoms with E-state index in [1.807, 2.05) is 0 Å². The van der Waals surface area contributed by atoms with Crippen LogP contribution in [0.15, 0.2) is 137 Å². The Morgan fingerprint density at radius 1 is 0.410 bits per heavy atom.